The average Bonchev–Trinajstić information content (AvgIpc) is 2.93. The maximum Gasteiger partial charge on any atom is 0.243 e. The molecule has 0 bridgehead atoms. The SMILES string of the molecule is Cc1cccc(CN(C(=O)CCCN(c2cccc(Cl)c2C)S(C)(=O)=O)[C@@H](Cc2ccccc2)C(=O)NCC(C)C)c1. The molecule has 42 heavy (non-hydrogen) atoms. The van der Waals surface area contributed by atoms with E-state index in [1.165, 1.54) is 4.31 Å². The van der Waals surface area contributed by atoms with Crippen LogP contribution in [0.3, 0.4) is 0 Å². The number of nitrogens with one attached hydrogen (secondary N) is 1. The molecule has 0 aliphatic heterocycles. The standard InChI is InChI=1S/C33H42ClN3O4S/c1-24(2)22-35-33(39)31(21-27-13-7-6-8-14-27)36(23-28-15-9-12-25(3)20-28)32(38)18-11-19-37(42(5,40)41)30-17-10-16-29(34)26(30)4/h6-10,12-17,20,24,31H,11,18-19,21-23H2,1-5H3,(H,35,39)/t31-/m0/s1. The van der Waals surface area contributed by atoms with Gasteiger partial charge < -0.3 is 10.2 Å². The van der Waals surface area contributed by atoms with E-state index < -0.39 is 16.1 Å². The van der Waals surface area contributed by atoms with Crippen molar-refractivity contribution in [1.82, 2.24) is 10.2 Å². The summed E-state index contributed by atoms with van der Waals surface area (Å²) in [6, 6.07) is 22.0. The van der Waals surface area contributed by atoms with Gasteiger partial charge in [-0.2, -0.15) is 0 Å². The molecule has 0 radical (unpaired) electrons. The number of carbonyl (C=O) groups excluding carboxylic acids is 2. The lowest BCUT2D eigenvalue weighted by Crippen LogP contribution is -2.51. The van der Waals surface area contributed by atoms with Crippen LogP contribution in [0.4, 0.5) is 5.69 Å². The molecule has 0 spiro atoms. The number of halogens is 1. The number of hydrogen-bond acceptors (Lipinski definition) is 4. The van der Waals surface area contributed by atoms with Crippen LogP contribution in [0.15, 0.2) is 72.8 Å². The molecule has 1 N–H and O–H groups in total. The third-order valence-electron chi connectivity index (χ3n) is 7.05. The molecule has 0 saturated heterocycles. The molecule has 2 amide bonds. The number of amides is 2. The number of anilines is 1. The Hall–Kier alpha value is -3.36. The van der Waals surface area contributed by atoms with Crippen LogP contribution in [0.2, 0.25) is 5.02 Å². The van der Waals surface area contributed by atoms with E-state index in [2.05, 4.69) is 5.32 Å². The van der Waals surface area contributed by atoms with Crippen LogP contribution in [-0.2, 0) is 32.6 Å². The van der Waals surface area contributed by atoms with Gasteiger partial charge in [-0.1, -0.05) is 91.7 Å². The Morgan fingerprint density at radius 1 is 0.929 bits per heavy atom. The first-order valence-corrected chi connectivity index (χ1v) is 16.5. The molecule has 3 rings (SSSR count). The molecular weight excluding hydrogens is 570 g/mol. The monoisotopic (exact) mass is 611 g/mol. The number of sulfonamides is 1. The lowest BCUT2D eigenvalue weighted by atomic mass is 10.0. The predicted molar refractivity (Wildman–Crippen MR) is 171 cm³/mol. The Morgan fingerprint density at radius 3 is 2.24 bits per heavy atom. The Kier molecular flexibility index (Phi) is 12.0. The highest BCUT2D eigenvalue weighted by molar-refractivity contribution is 7.92. The second-order valence-corrected chi connectivity index (χ2v) is 13.5. The van der Waals surface area contributed by atoms with Gasteiger partial charge in [-0.05, 0) is 55.0 Å². The van der Waals surface area contributed by atoms with Crippen molar-refractivity contribution in [2.75, 3.05) is 23.7 Å². The molecule has 0 unspecified atom stereocenters. The van der Waals surface area contributed by atoms with Crippen molar-refractivity contribution in [3.63, 3.8) is 0 Å². The molecule has 0 fully saturated rings. The lowest BCUT2D eigenvalue weighted by Gasteiger charge is -2.32. The molecule has 7 nitrogen and oxygen atoms in total. The zero-order chi connectivity index (χ0) is 30.9. The first kappa shape index (κ1) is 33.1. The summed E-state index contributed by atoms with van der Waals surface area (Å²) >= 11 is 6.28. The van der Waals surface area contributed by atoms with E-state index in [0.717, 1.165) is 22.9 Å². The van der Waals surface area contributed by atoms with Crippen molar-refractivity contribution in [1.29, 1.82) is 0 Å². The van der Waals surface area contributed by atoms with E-state index in [4.69, 9.17) is 11.6 Å². The number of hydrogen-bond donors (Lipinski definition) is 1. The summed E-state index contributed by atoms with van der Waals surface area (Å²) in [5.74, 6) is -0.168. The fourth-order valence-electron chi connectivity index (χ4n) is 4.83. The van der Waals surface area contributed by atoms with Gasteiger partial charge in [0.25, 0.3) is 0 Å². The molecule has 0 aliphatic rings. The number of rotatable bonds is 14. The van der Waals surface area contributed by atoms with Gasteiger partial charge in [0.2, 0.25) is 21.8 Å². The van der Waals surface area contributed by atoms with Crippen molar-refractivity contribution in [3.8, 4) is 0 Å². The largest absolute Gasteiger partial charge is 0.354 e. The van der Waals surface area contributed by atoms with Gasteiger partial charge in [0.05, 0.1) is 11.9 Å². The van der Waals surface area contributed by atoms with Gasteiger partial charge in [0.15, 0.2) is 0 Å². The second kappa shape index (κ2) is 15.2. The van der Waals surface area contributed by atoms with Gasteiger partial charge >= 0.3 is 0 Å². The minimum absolute atomic E-state index is 0.0696. The Balaban J connectivity index is 1.90. The van der Waals surface area contributed by atoms with Crippen LogP contribution < -0.4 is 9.62 Å². The molecule has 0 saturated carbocycles. The molecule has 9 heteroatoms. The van der Waals surface area contributed by atoms with E-state index in [1.54, 1.807) is 30.0 Å². The summed E-state index contributed by atoms with van der Waals surface area (Å²) < 4.78 is 26.8. The molecular formula is C33H42ClN3O4S. The first-order valence-electron chi connectivity index (χ1n) is 14.3. The molecule has 0 aliphatic carbocycles. The quantitative estimate of drug-likeness (QED) is 0.245. The molecule has 1 atom stereocenters. The van der Waals surface area contributed by atoms with Gasteiger partial charge in [0.1, 0.15) is 6.04 Å². The van der Waals surface area contributed by atoms with E-state index >= 15 is 0 Å². The van der Waals surface area contributed by atoms with Gasteiger partial charge in [-0.3, -0.25) is 13.9 Å². The molecule has 0 heterocycles. The number of benzene rings is 3. The maximum atomic E-state index is 14.0. The van der Waals surface area contributed by atoms with Crippen molar-refractivity contribution < 1.29 is 18.0 Å². The fourth-order valence-corrected chi connectivity index (χ4v) is 6.02. The highest BCUT2D eigenvalue weighted by Gasteiger charge is 2.30. The van der Waals surface area contributed by atoms with Crippen molar-refractivity contribution in [3.05, 3.63) is 100 Å². The predicted octanol–water partition coefficient (Wildman–Crippen LogP) is 5.92. The third kappa shape index (κ3) is 9.60. The Labute approximate surface area is 255 Å². The zero-order valence-electron chi connectivity index (χ0n) is 25.1. The van der Waals surface area contributed by atoms with Gasteiger partial charge in [-0.25, -0.2) is 8.42 Å². The first-order chi connectivity index (χ1) is 19.9. The number of aryl methyl sites for hydroxylation is 1. The number of carbonyl (C=O) groups is 2. The zero-order valence-corrected chi connectivity index (χ0v) is 26.7. The van der Waals surface area contributed by atoms with E-state index in [0.29, 0.717) is 29.2 Å². The molecule has 3 aromatic carbocycles. The second-order valence-electron chi connectivity index (χ2n) is 11.2. The van der Waals surface area contributed by atoms with Crippen molar-refractivity contribution >= 4 is 39.1 Å². The minimum Gasteiger partial charge on any atom is -0.354 e. The van der Waals surface area contributed by atoms with E-state index in [-0.39, 0.29) is 43.7 Å². The Bertz CT molecular complexity index is 1460. The summed E-state index contributed by atoms with van der Waals surface area (Å²) in [6.07, 6.45) is 1.85. The van der Waals surface area contributed by atoms with Gasteiger partial charge in [-0.15, -0.1) is 0 Å². The highest BCUT2D eigenvalue weighted by atomic mass is 35.5. The number of nitrogens with zero attached hydrogens (tertiary/aromatic N) is 2. The minimum atomic E-state index is -3.63. The molecule has 0 aromatic heterocycles. The topological polar surface area (TPSA) is 86.8 Å². The van der Waals surface area contributed by atoms with Crippen LogP contribution in [-0.4, -0.2) is 50.5 Å². The lowest BCUT2D eigenvalue weighted by molar-refractivity contribution is -0.141. The summed E-state index contributed by atoms with van der Waals surface area (Å²) in [5.41, 5.74) is 4.07. The fraction of sp³-hybridized carbons (Fsp3) is 0.394. The van der Waals surface area contributed by atoms with Crippen LogP contribution in [0, 0.1) is 19.8 Å². The third-order valence-corrected chi connectivity index (χ3v) is 8.64. The van der Waals surface area contributed by atoms with Crippen molar-refractivity contribution in [2.45, 2.75) is 59.5 Å². The van der Waals surface area contributed by atoms with Crippen molar-refractivity contribution in [2.24, 2.45) is 5.92 Å². The normalized spacial score (nSPS) is 12.2. The molecule has 226 valence electrons. The highest BCUT2D eigenvalue weighted by Crippen LogP contribution is 2.28. The van der Waals surface area contributed by atoms with E-state index in [9.17, 15) is 18.0 Å². The summed E-state index contributed by atoms with van der Waals surface area (Å²) in [5, 5.41) is 3.50. The summed E-state index contributed by atoms with van der Waals surface area (Å²) in [7, 11) is -3.63. The van der Waals surface area contributed by atoms with Crippen LogP contribution >= 0.6 is 11.6 Å². The molecule has 3 aromatic rings. The van der Waals surface area contributed by atoms with Crippen LogP contribution in [0.1, 0.15) is 48.9 Å². The summed E-state index contributed by atoms with van der Waals surface area (Å²) in [4.78, 5) is 29.2. The van der Waals surface area contributed by atoms with E-state index in [1.807, 2.05) is 75.4 Å². The smallest absolute Gasteiger partial charge is 0.243 e. The summed E-state index contributed by atoms with van der Waals surface area (Å²) in [6.45, 7) is 8.68. The maximum absolute atomic E-state index is 14.0. The Morgan fingerprint density at radius 2 is 1.60 bits per heavy atom. The van der Waals surface area contributed by atoms with Gasteiger partial charge in [0, 0.05) is 37.5 Å². The van der Waals surface area contributed by atoms with Crippen LogP contribution in [0.5, 0.6) is 0 Å². The average molecular weight is 612 g/mol. The van der Waals surface area contributed by atoms with Crippen LogP contribution in [0.25, 0.3) is 0 Å².